The molecule has 0 saturated heterocycles. The Morgan fingerprint density at radius 3 is 2.33 bits per heavy atom. The Kier molecular flexibility index (Phi) is 5.44. The maximum absolute atomic E-state index is 11.9. The third kappa shape index (κ3) is 4.48. The summed E-state index contributed by atoms with van der Waals surface area (Å²) < 4.78 is 35.7. The molecule has 0 bridgehead atoms. The normalized spacial score (nSPS) is 18.9. The fourth-order valence-corrected chi connectivity index (χ4v) is 2.42. The van der Waals surface area contributed by atoms with Crippen LogP contribution in [0.4, 0.5) is 13.2 Å². The molecule has 0 heterocycles. The van der Waals surface area contributed by atoms with Crippen molar-refractivity contribution in [3.05, 3.63) is 0 Å². The van der Waals surface area contributed by atoms with Gasteiger partial charge in [-0.15, -0.1) is 0 Å². The molecule has 1 fully saturated rings. The van der Waals surface area contributed by atoms with Crippen molar-refractivity contribution in [3.8, 4) is 0 Å². The molecule has 6 heteroatoms. The van der Waals surface area contributed by atoms with E-state index in [9.17, 15) is 18.0 Å². The molecule has 1 aliphatic rings. The molecule has 0 radical (unpaired) electrons. The van der Waals surface area contributed by atoms with Gasteiger partial charge in [0.2, 0.25) is 5.91 Å². The van der Waals surface area contributed by atoms with Crippen LogP contribution in [0.15, 0.2) is 0 Å². The molecule has 0 aromatic carbocycles. The van der Waals surface area contributed by atoms with Gasteiger partial charge in [-0.05, 0) is 25.7 Å². The Morgan fingerprint density at radius 2 is 1.83 bits per heavy atom. The van der Waals surface area contributed by atoms with Crippen LogP contribution < -0.4 is 11.1 Å². The molecule has 3 N–H and O–H groups in total. The topological polar surface area (TPSA) is 55.1 Å². The Hall–Kier alpha value is -0.780. The highest BCUT2D eigenvalue weighted by atomic mass is 19.4. The van der Waals surface area contributed by atoms with Crippen molar-refractivity contribution < 1.29 is 18.0 Å². The van der Waals surface area contributed by atoms with Gasteiger partial charge in [0.15, 0.2) is 0 Å². The predicted molar refractivity (Wildman–Crippen MR) is 62.9 cm³/mol. The molecule has 0 aliphatic heterocycles. The number of nitrogens with one attached hydrogen (secondary N) is 1. The first-order chi connectivity index (χ1) is 8.40. The average Bonchev–Trinajstić information content (AvgIpc) is 2.76. The van der Waals surface area contributed by atoms with Crippen LogP contribution >= 0.6 is 0 Å². The zero-order chi connectivity index (χ0) is 13.6. The van der Waals surface area contributed by atoms with E-state index < -0.39 is 18.0 Å². The van der Waals surface area contributed by atoms with Crippen molar-refractivity contribution in [2.24, 2.45) is 11.1 Å². The number of nitrogens with two attached hydrogens (primary N) is 1. The largest absolute Gasteiger partial charge is 0.389 e. The number of halogens is 3. The summed E-state index contributed by atoms with van der Waals surface area (Å²) in [5.74, 6) is -0.0884. The Labute approximate surface area is 105 Å². The summed E-state index contributed by atoms with van der Waals surface area (Å²) in [6.45, 7) is 0.623. The van der Waals surface area contributed by atoms with Gasteiger partial charge >= 0.3 is 6.18 Å². The molecule has 3 nitrogen and oxygen atoms in total. The summed E-state index contributed by atoms with van der Waals surface area (Å²) >= 11 is 0. The van der Waals surface area contributed by atoms with Gasteiger partial charge < -0.3 is 11.1 Å². The van der Waals surface area contributed by atoms with E-state index in [0.29, 0.717) is 19.5 Å². The van der Waals surface area contributed by atoms with Gasteiger partial charge in [-0.1, -0.05) is 12.8 Å². The molecule has 0 unspecified atom stereocenters. The molecule has 0 spiro atoms. The minimum atomic E-state index is -4.10. The van der Waals surface area contributed by atoms with Crippen molar-refractivity contribution in [3.63, 3.8) is 0 Å². The number of amides is 1. The third-order valence-electron chi connectivity index (χ3n) is 3.61. The average molecular weight is 266 g/mol. The predicted octanol–water partition coefficient (Wildman–Crippen LogP) is 2.35. The van der Waals surface area contributed by atoms with Crippen LogP contribution in [-0.2, 0) is 4.79 Å². The number of carbonyl (C=O) groups is 1. The fourth-order valence-electron chi connectivity index (χ4n) is 2.42. The zero-order valence-electron chi connectivity index (χ0n) is 10.5. The lowest BCUT2D eigenvalue weighted by Crippen LogP contribution is -2.44. The molecule has 18 heavy (non-hydrogen) atoms. The van der Waals surface area contributed by atoms with Gasteiger partial charge in [0.05, 0.1) is 5.41 Å². The van der Waals surface area contributed by atoms with Crippen molar-refractivity contribution in [2.45, 2.75) is 51.1 Å². The van der Waals surface area contributed by atoms with E-state index in [1.807, 2.05) is 0 Å². The van der Waals surface area contributed by atoms with Gasteiger partial charge in [0.25, 0.3) is 0 Å². The maximum Gasteiger partial charge on any atom is 0.389 e. The van der Waals surface area contributed by atoms with Crippen LogP contribution in [0.3, 0.4) is 0 Å². The van der Waals surface area contributed by atoms with Crippen LogP contribution in [0.25, 0.3) is 0 Å². The van der Waals surface area contributed by atoms with Crippen LogP contribution in [0, 0.1) is 5.41 Å². The number of unbranched alkanes of at least 4 members (excludes halogenated alkanes) is 1. The Balaban J connectivity index is 2.21. The monoisotopic (exact) mass is 266 g/mol. The highest BCUT2D eigenvalue weighted by Crippen LogP contribution is 2.37. The van der Waals surface area contributed by atoms with Gasteiger partial charge in [-0.25, -0.2) is 0 Å². The Bertz CT molecular complexity index is 273. The second-order valence-corrected chi connectivity index (χ2v) is 5.02. The van der Waals surface area contributed by atoms with E-state index in [1.54, 1.807) is 0 Å². The summed E-state index contributed by atoms with van der Waals surface area (Å²) in [6, 6.07) is 0. The van der Waals surface area contributed by atoms with Crippen molar-refractivity contribution in [1.29, 1.82) is 0 Å². The van der Waals surface area contributed by atoms with E-state index in [4.69, 9.17) is 5.73 Å². The van der Waals surface area contributed by atoms with E-state index in [1.165, 1.54) is 0 Å². The van der Waals surface area contributed by atoms with Crippen LogP contribution in [0.1, 0.15) is 44.9 Å². The second kappa shape index (κ2) is 6.41. The first kappa shape index (κ1) is 15.3. The molecule has 1 aliphatic carbocycles. The van der Waals surface area contributed by atoms with Crippen LogP contribution in [-0.4, -0.2) is 25.2 Å². The van der Waals surface area contributed by atoms with Crippen molar-refractivity contribution >= 4 is 5.91 Å². The highest BCUT2D eigenvalue weighted by Gasteiger charge is 2.39. The van der Waals surface area contributed by atoms with E-state index in [2.05, 4.69) is 5.32 Å². The lowest BCUT2D eigenvalue weighted by Gasteiger charge is -2.25. The third-order valence-corrected chi connectivity index (χ3v) is 3.61. The molecule has 0 aromatic rings. The molecular weight excluding hydrogens is 245 g/mol. The maximum atomic E-state index is 11.9. The summed E-state index contributed by atoms with van der Waals surface area (Å²) in [5.41, 5.74) is 5.18. The van der Waals surface area contributed by atoms with Gasteiger partial charge in [0.1, 0.15) is 0 Å². The fraction of sp³-hybridized carbons (Fsp3) is 0.917. The summed E-state index contributed by atoms with van der Waals surface area (Å²) in [4.78, 5) is 11.9. The van der Waals surface area contributed by atoms with E-state index in [-0.39, 0.29) is 12.3 Å². The first-order valence-corrected chi connectivity index (χ1v) is 6.45. The highest BCUT2D eigenvalue weighted by molar-refractivity contribution is 5.83. The molecular formula is C12H21F3N2O. The second-order valence-electron chi connectivity index (χ2n) is 5.02. The molecule has 1 saturated carbocycles. The lowest BCUT2D eigenvalue weighted by molar-refractivity contribution is -0.135. The van der Waals surface area contributed by atoms with E-state index in [0.717, 1.165) is 25.7 Å². The lowest BCUT2D eigenvalue weighted by atomic mass is 9.85. The van der Waals surface area contributed by atoms with E-state index >= 15 is 0 Å². The standard InChI is InChI=1S/C12H21F3N2O/c13-12(14,15)7-3-4-8-17-10(18)11(9-16)5-1-2-6-11/h1-9,16H2,(H,17,18). The molecule has 106 valence electrons. The smallest absolute Gasteiger partial charge is 0.356 e. The minimum Gasteiger partial charge on any atom is -0.356 e. The number of rotatable bonds is 6. The van der Waals surface area contributed by atoms with Gasteiger partial charge in [0, 0.05) is 19.5 Å². The van der Waals surface area contributed by atoms with Crippen LogP contribution in [0.2, 0.25) is 0 Å². The van der Waals surface area contributed by atoms with Gasteiger partial charge in [-0.3, -0.25) is 4.79 Å². The first-order valence-electron chi connectivity index (χ1n) is 6.45. The summed E-state index contributed by atoms with van der Waals surface area (Å²) in [6.07, 6.45) is -0.905. The number of hydrogen-bond acceptors (Lipinski definition) is 2. The molecule has 0 aromatic heterocycles. The number of carbonyl (C=O) groups excluding carboxylic acids is 1. The SMILES string of the molecule is NCC1(C(=O)NCCCCC(F)(F)F)CCCC1. The number of hydrogen-bond donors (Lipinski definition) is 2. The minimum absolute atomic E-state index is 0.0550. The summed E-state index contributed by atoms with van der Waals surface area (Å²) in [7, 11) is 0. The Morgan fingerprint density at radius 1 is 1.22 bits per heavy atom. The van der Waals surface area contributed by atoms with Crippen molar-refractivity contribution in [2.75, 3.05) is 13.1 Å². The molecule has 1 rings (SSSR count). The zero-order valence-corrected chi connectivity index (χ0v) is 10.5. The summed E-state index contributed by atoms with van der Waals surface area (Å²) in [5, 5.41) is 2.72. The quantitative estimate of drug-likeness (QED) is 0.725. The van der Waals surface area contributed by atoms with Crippen LogP contribution in [0.5, 0.6) is 0 Å². The van der Waals surface area contributed by atoms with Gasteiger partial charge in [-0.2, -0.15) is 13.2 Å². The van der Waals surface area contributed by atoms with Crippen molar-refractivity contribution in [1.82, 2.24) is 5.32 Å². The molecule has 1 amide bonds. The number of alkyl halides is 3. The molecule has 0 atom stereocenters.